The number of carboxylic acid groups (broad SMARTS) is 1. The summed E-state index contributed by atoms with van der Waals surface area (Å²) in [4.78, 5) is 24.0. The molecule has 0 spiro atoms. The van der Waals surface area contributed by atoms with Crippen LogP contribution in [-0.2, 0) is 9.53 Å². The topological polar surface area (TPSA) is 78.9 Å². The first-order chi connectivity index (χ1) is 9.63. The van der Waals surface area contributed by atoms with Crippen LogP contribution in [0.2, 0.25) is 0 Å². The van der Waals surface area contributed by atoms with Crippen LogP contribution in [0.1, 0.15) is 32.6 Å². The molecule has 6 heteroatoms. The number of nitrogens with one attached hydrogen (secondary N) is 1. The van der Waals surface area contributed by atoms with E-state index >= 15 is 0 Å². The largest absolute Gasteiger partial charge is 0.481 e. The molecule has 20 heavy (non-hydrogen) atoms. The van der Waals surface area contributed by atoms with E-state index in [0.29, 0.717) is 19.6 Å². The van der Waals surface area contributed by atoms with Gasteiger partial charge in [-0.2, -0.15) is 0 Å². The minimum atomic E-state index is -0.844. The fraction of sp³-hybridized carbons (Fsp3) is 0.714. The zero-order valence-electron chi connectivity index (χ0n) is 12.0. The van der Waals surface area contributed by atoms with Crippen LogP contribution in [0.5, 0.6) is 0 Å². The third-order valence-corrected chi connectivity index (χ3v) is 3.22. The molecule has 1 aliphatic rings. The molecule has 0 bridgehead atoms. The maximum absolute atomic E-state index is 11.8. The average molecular weight is 284 g/mol. The van der Waals surface area contributed by atoms with Gasteiger partial charge < -0.3 is 20.1 Å². The van der Waals surface area contributed by atoms with Gasteiger partial charge in [0.15, 0.2) is 0 Å². The Morgan fingerprint density at radius 1 is 1.40 bits per heavy atom. The highest BCUT2D eigenvalue weighted by atomic mass is 16.5. The zero-order chi connectivity index (χ0) is 14.8. The summed E-state index contributed by atoms with van der Waals surface area (Å²) in [6.45, 7) is 4.17. The number of likely N-dealkylation sites (tertiary alicyclic amines) is 1. The van der Waals surface area contributed by atoms with Crippen LogP contribution < -0.4 is 5.32 Å². The van der Waals surface area contributed by atoms with Crippen molar-refractivity contribution in [1.82, 2.24) is 10.2 Å². The lowest BCUT2D eigenvalue weighted by molar-refractivity contribution is -0.138. The monoisotopic (exact) mass is 284 g/mol. The molecule has 2 amide bonds. The third-order valence-electron chi connectivity index (χ3n) is 3.22. The van der Waals surface area contributed by atoms with Crippen molar-refractivity contribution in [2.24, 2.45) is 0 Å². The zero-order valence-corrected chi connectivity index (χ0v) is 12.0. The van der Waals surface area contributed by atoms with Crippen molar-refractivity contribution in [3.8, 4) is 0 Å². The van der Waals surface area contributed by atoms with Gasteiger partial charge in [-0.15, -0.1) is 0 Å². The number of amides is 2. The number of carbonyl (C=O) groups is 2. The Morgan fingerprint density at radius 3 is 2.70 bits per heavy atom. The van der Waals surface area contributed by atoms with Crippen LogP contribution in [0, 0.1) is 0 Å². The number of ether oxygens (including phenoxy) is 1. The molecule has 0 saturated carbocycles. The first-order valence-corrected chi connectivity index (χ1v) is 7.10. The van der Waals surface area contributed by atoms with E-state index in [1.54, 1.807) is 4.90 Å². The lowest BCUT2D eigenvalue weighted by atomic mass is 10.1. The number of allylic oxidation sites excluding steroid dienone is 1. The minimum Gasteiger partial charge on any atom is -0.481 e. The van der Waals surface area contributed by atoms with Crippen molar-refractivity contribution in [3.63, 3.8) is 0 Å². The molecule has 1 saturated heterocycles. The summed E-state index contributed by atoms with van der Waals surface area (Å²) in [5, 5.41) is 11.4. The van der Waals surface area contributed by atoms with Crippen LogP contribution >= 0.6 is 0 Å². The van der Waals surface area contributed by atoms with Crippen molar-refractivity contribution < 1.29 is 19.4 Å². The molecular formula is C14H24N2O4. The summed E-state index contributed by atoms with van der Waals surface area (Å²) in [5.74, 6) is -0.844. The average Bonchev–Trinajstić information content (AvgIpc) is 2.44. The summed E-state index contributed by atoms with van der Waals surface area (Å²) in [7, 11) is 0. The van der Waals surface area contributed by atoms with Crippen LogP contribution in [-0.4, -0.2) is 54.4 Å². The standard InChI is InChI=1S/C14H24N2O4/c1-2-3-4-8-15-14(19)16-9-5-12(6-10-16)20-11-7-13(17)18/h2-3,12H,4-11H2,1H3,(H,15,19)(H,17,18)/b3-2+. The van der Waals surface area contributed by atoms with Gasteiger partial charge in [-0.25, -0.2) is 4.79 Å². The van der Waals surface area contributed by atoms with Gasteiger partial charge in [-0.1, -0.05) is 12.2 Å². The Labute approximate surface area is 119 Å². The molecule has 0 unspecified atom stereocenters. The van der Waals surface area contributed by atoms with Crippen LogP contribution in [0.15, 0.2) is 12.2 Å². The Kier molecular flexibility index (Phi) is 7.72. The number of hydrogen-bond acceptors (Lipinski definition) is 3. The van der Waals surface area contributed by atoms with Gasteiger partial charge in [-0.3, -0.25) is 4.79 Å². The second-order valence-corrected chi connectivity index (χ2v) is 4.79. The fourth-order valence-electron chi connectivity index (χ4n) is 2.08. The fourth-order valence-corrected chi connectivity index (χ4v) is 2.08. The van der Waals surface area contributed by atoms with E-state index in [-0.39, 0.29) is 25.2 Å². The number of nitrogens with zero attached hydrogens (tertiary/aromatic N) is 1. The van der Waals surface area contributed by atoms with Gasteiger partial charge in [0.1, 0.15) is 0 Å². The molecule has 114 valence electrons. The maximum Gasteiger partial charge on any atom is 0.317 e. The van der Waals surface area contributed by atoms with Gasteiger partial charge in [-0.05, 0) is 26.2 Å². The van der Waals surface area contributed by atoms with Crippen molar-refractivity contribution in [2.45, 2.75) is 38.7 Å². The highest BCUT2D eigenvalue weighted by Crippen LogP contribution is 2.14. The van der Waals surface area contributed by atoms with Crippen LogP contribution in [0.25, 0.3) is 0 Å². The quantitative estimate of drug-likeness (QED) is 0.550. The minimum absolute atomic E-state index is 0.0292. The van der Waals surface area contributed by atoms with Crippen molar-refractivity contribution >= 4 is 12.0 Å². The maximum atomic E-state index is 11.8. The predicted octanol–water partition coefficient (Wildman–Crippen LogP) is 1.62. The third kappa shape index (κ3) is 6.56. The smallest absolute Gasteiger partial charge is 0.317 e. The van der Waals surface area contributed by atoms with E-state index in [1.807, 2.05) is 19.1 Å². The van der Waals surface area contributed by atoms with Gasteiger partial charge in [0.2, 0.25) is 0 Å². The molecule has 0 aromatic rings. The normalized spacial score (nSPS) is 16.6. The molecule has 0 aromatic carbocycles. The summed E-state index contributed by atoms with van der Waals surface area (Å²) >= 11 is 0. The number of aliphatic carboxylic acids is 1. The molecule has 0 radical (unpaired) electrons. The van der Waals surface area contributed by atoms with E-state index < -0.39 is 5.97 Å². The lowest BCUT2D eigenvalue weighted by Gasteiger charge is -2.31. The lowest BCUT2D eigenvalue weighted by Crippen LogP contribution is -2.46. The van der Waals surface area contributed by atoms with E-state index in [1.165, 1.54) is 0 Å². The Balaban J connectivity index is 2.14. The second-order valence-electron chi connectivity index (χ2n) is 4.79. The van der Waals surface area contributed by atoms with Gasteiger partial charge >= 0.3 is 12.0 Å². The van der Waals surface area contributed by atoms with Gasteiger partial charge in [0, 0.05) is 19.6 Å². The van der Waals surface area contributed by atoms with E-state index in [4.69, 9.17) is 9.84 Å². The Morgan fingerprint density at radius 2 is 2.10 bits per heavy atom. The van der Waals surface area contributed by atoms with Gasteiger partial charge in [0.25, 0.3) is 0 Å². The molecule has 0 aromatic heterocycles. The Hall–Kier alpha value is -1.56. The van der Waals surface area contributed by atoms with E-state index in [0.717, 1.165) is 19.3 Å². The van der Waals surface area contributed by atoms with Crippen molar-refractivity contribution in [3.05, 3.63) is 12.2 Å². The van der Waals surface area contributed by atoms with Crippen molar-refractivity contribution in [2.75, 3.05) is 26.2 Å². The number of hydrogen-bond donors (Lipinski definition) is 2. The first-order valence-electron chi connectivity index (χ1n) is 7.10. The number of carbonyl (C=O) groups excluding carboxylic acids is 1. The first kappa shape index (κ1) is 16.5. The molecular weight excluding hydrogens is 260 g/mol. The summed E-state index contributed by atoms with van der Waals surface area (Å²) in [6, 6.07) is -0.0292. The molecule has 1 heterocycles. The molecule has 1 fully saturated rings. The highest BCUT2D eigenvalue weighted by Gasteiger charge is 2.22. The summed E-state index contributed by atoms with van der Waals surface area (Å²) in [5.41, 5.74) is 0. The van der Waals surface area contributed by atoms with E-state index in [9.17, 15) is 9.59 Å². The Bertz CT molecular complexity index is 336. The van der Waals surface area contributed by atoms with E-state index in [2.05, 4.69) is 5.32 Å². The number of carboxylic acids is 1. The van der Waals surface area contributed by atoms with Crippen LogP contribution in [0.3, 0.4) is 0 Å². The SMILES string of the molecule is C/C=C/CCNC(=O)N1CCC(OCCC(=O)O)CC1. The molecule has 1 rings (SSSR count). The molecule has 2 N–H and O–H groups in total. The number of rotatable bonds is 7. The predicted molar refractivity (Wildman–Crippen MR) is 75.6 cm³/mol. The second kappa shape index (κ2) is 9.36. The summed E-state index contributed by atoms with van der Waals surface area (Å²) < 4.78 is 5.49. The van der Waals surface area contributed by atoms with Crippen LogP contribution in [0.4, 0.5) is 4.79 Å². The molecule has 0 aliphatic carbocycles. The number of piperidine rings is 1. The van der Waals surface area contributed by atoms with Crippen molar-refractivity contribution in [1.29, 1.82) is 0 Å². The van der Waals surface area contributed by atoms with Gasteiger partial charge in [0.05, 0.1) is 19.1 Å². The number of urea groups is 1. The molecule has 0 atom stereocenters. The highest BCUT2D eigenvalue weighted by molar-refractivity contribution is 5.74. The molecule has 1 aliphatic heterocycles. The molecule has 6 nitrogen and oxygen atoms in total. The summed E-state index contributed by atoms with van der Waals surface area (Å²) in [6.07, 6.45) is 6.46.